The maximum Gasteiger partial charge on any atom is 0.232 e. The Bertz CT molecular complexity index is 197. The van der Waals surface area contributed by atoms with Gasteiger partial charge in [-0.3, -0.25) is 9.00 Å². The average Bonchev–Trinajstić information content (AvgIpc) is 2.15. The molecule has 0 aliphatic heterocycles. The largest absolute Gasteiger partial charge is 0.355 e. The minimum absolute atomic E-state index is 0.00683. The standard InChI is InChI=1S/C9H20N2O2S/c1-3-6-11-9(12)7-14(13)8(2)4-5-10/h8H,3-7,10H2,1-2H3,(H,11,12). The van der Waals surface area contributed by atoms with E-state index in [1.54, 1.807) is 0 Å². The lowest BCUT2D eigenvalue weighted by atomic mass is 10.3. The molecule has 0 aromatic rings. The highest BCUT2D eigenvalue weighted by Gasteiger charge is 2.13. The van der Waals surface area contributed by atoms with Gasteiger partial charge in [0.1, 0.15) is 5.75 Å². The van der Waals surface area contributed by atoms with Gasteiger partial charge in [0.25, 0.3) is 0 Å². The zero-order chi connectivity index (χ0) is 11.0. The molecule has 4 nitrogen and oxygen atoms in total. The van der Waals surface area contributed by atoms with Crippen LogP contribution in [0.25, 0.3) is 0 Å². The molecule has 2 atom stereocenters. The fourth-order valence-electron chi connectivity index (χ4n) is 0.953. The van der Waals surface area contributed by atoms with E-state index in [9.17, 15) is 9.00 Å². The molecule has 0 aromatic heterocycles. The summed E-state index contributed by atoms with van der Waals surface area (Å²) in [4.78, 5) is 11.2. The predicted octanol–water partition coefficient (Wildman–Crippen LogP) is -0.00140. The van der Waals surface area contributed by atoms with Crippen LogP contribution in [0.1, 0.15) is 26.7 Å². The molecule has 0 bridgehead atoms. The van der Waals surface area contributed by atoms with Crippen molar-refractivity contribution in [2.24, 2.45) is 5.73 Å². The maximum atomic E-state index is 11.5. The Hall–Kier alpha value is -0.420. The Balaban J connectivity index is 3.75. The lowest BCUT2D eigenvalue weighted by molar-refractivity contribution is -0.118. The van der Waals surface area contributed by atoms with Crippen LogP contribution in [0.15, 0.2) is 0 Å². The van der Waals surface area contributed by atoms with Crippen LogP contribution in [0.5, 0.6) is 0 Å². The van der Waals surface area contributed by atoms with E-state index >= 15 is 0 Å². The van der Waals surface area contributed by atoms with Crippen molar-refractivity contribution in [1.82, 2.24) is 5.32 Å². The van der Waals surface area contributed by atoms with Crippen LogP contribution in [0, 0.1) is 0 Å². The van der Waals surface area contributed by atoms with Gasteiger partial charge in [-0.2, -0.15) is 0 Å². The lowest BCUT2D eigenvalue weighted by Crippen LogP contribution is -2.31. The number of hydrogen-bond donors (Lipinski definition) is 2. The second kappa shape index (κ2) is 7.94. The van der Waals surface area contributed by atoms with Gasteiger partial charge >= 0.3 is 0 Å². The third kappa shape index (κ3) is 6.10. The molecule has 14 heavy (non-hydrogen) atoms. The van der Waals surface area contributed by atoms with Crippen molar-refractivity contribution in [2.45, 2.75) is 31.9 Å². The molecular weight excluding hydrogens is 200 g/mol. The van der Waals surface area contributed by atoms with Gasteiger partial charge in [-0.25, -0.2) is 0 Å². The SMILES string of the molecule is CCCNC(=O)CS(=O)C(C)CCN. The molecule has 0 saturated heterocycles. The molecule has 2 unspecified atom stereocenters. The van der Waals surface area contributed by atoms with Crippen molar-refractivity contribution < 1.29 is 9.00 Å². The van der Waals surface area contributed by atoms with Crippen LogP contribution in [-0.4, -0.2) is 34.2 Å². The summed E-state index contributed by atoms with van der Waals surface area (Å²) in [5, 5.41) is 2.70. The van der Waals surface area contributed by atoms with E-state index in [0.29, 0.717) is 19.5 Å². The van der Waals surface area contributed by atoms with Crippen molar-refractivity contribution in [2.75, 3.05) is 18.8 Å². The third-order valence-electron chi connectivity index (χ3n) is 1.87. The Morgan fingerprint density at radius 1 is 1.57 bits per heavy atom. The fraction of sp³-hybridized carbons (Fsp3) is 0.889. The molecule has 0 saturated carbocycles. The maximum absolute atomic E-state index is 11.5. The minimum Gasteiger partial charge on any atom is -0.355 e. The molecule has 0 radical (unpaired) electrons. The first kappa shape index (κ1) is 13.6. The molecule has 1 amide bonds. The van der Waals surface area contributed by atoms with E-state index in [2.05, 4.69) is 5.32 Å². The van der Waals surface area contributed by atoms with Crippen LogP contribution in [0.3, 0.4) is 0 Å². The first-order valence-electron chi connectivity index (χ1n) is 4.95. The summed E-state index contributed by atoms with van der Waals surface area (Å²) in [5.74, 6) is -0.0321. The second-order valence-electron chi connectivity index (χ2n) is 3.26. The van der Waals surface area contributed by atoms with Crippen molar-refractivity contribution in [3.8, 4) is 0 Å². The number of hydrogen-bond acceptors (Lipinski definition) is 3. The molecule has 5 heteroatoms. The summed E-state index contributed by atoms with van der Waals surface area (Å²) in [6.07, 6.45) is 1.60. The molecule has 3 N–H and O–H groups in total. The summed E-state index contributed by atoms with van der Waals surface area (Å²) in [6, 6.07) is 0. The molecule has 0 heterocycles. The zero-order valence-corrected chi connectivity index (χ0v) is 9.73. The molecule has 0 aliphatic rings. The minimum atomic E-state index is -1.09. The summed E-state index contributed by atoms with van der Waals surface area (Å²) in [7, 11) is -1.09. The number of nitrogens with two attached hydrogens (primary N) is 1. The van der Waals surface area contributed by atoms with Gasteiger partial charge in [-0.05, 0) is 19.4 Å². The number of nitrogens with one attached hydrogen (secondary N) is 1. The number of carbonyl (C=O) groups excluding carboxylic acids is 1. The molecule has 0 rings (SSSR count). The Kier molecular flexibility index (Phi) is 7.70. The quantitative estimate of drug-likeness (QED) is 0.634. The number of carbonyl (C=O) groups is 1. The van der Waals surface area contributed by atoms with E-state index in [0.717, 1.165) is 6.42 Å². The normalized spacial score (nSPS) is 14.8. The molecular formula is C9H20N2O2S. The summed E-state index contributed by atoms with van der Waals surface area (Å²) in [6.45, 7) is 5.01. The molecule has 84 valence electrons. The van der Waals surface area contributed by atoms with Crippen molar-refractivity contribution in [3.05, 3.63) is 0 Å². The van der Waals surface area contributed by atoms with Crippen molar-refractivity contribution in [1.29, 1.82) is 0 Å². The third-order valence-corrected chi connectivity index (χ3v) is 3.55. The van der Waals surface area contributed by atoms with Crippen LogP contribution < -0.4 is 11.1 Å². The van der Waals surface area contributed by atoms with Gasteiger partial charge < -0.3 is 11.1 Å². The van der Waals surface area contributed by atoms with E-state index in [4.69, 9.17) is 5.73 Å². The second-order valence-corrected chi connectivity index (χ2v) is 5.12. The van der Waals surface area contributed by atoms with Crippen LogP contribution in [0.4, 0.5) is 0 Å². The van der Waals surface area contributed by atoms with Crippen LogP contribution in [-0.2, 0) is 15.6 Å². The molecule has 0 aromatic carbocycles. The van der Waals surface area contributed by atoms with E-state index in [-0.39, 0.29) is 16.9 Å². The van der Waals surface area contributed by atoms with Crippen molar-refractivity contribution in [3.63, 3.8) is 0 Å². The summed E-state index contributed by atoms with van der Waals surface area (Å²) < 4.78 is 11.5. The number of rotatable bonds is 7. The zero-order valence-electron chi connectivity index (χ0n) is 8.91. The molecule has 0 spiro atoms. The Morgan fingerprint density at radius 3 is 2.71 bits per heavy atom. The fourth-order valence-corrected chi connectivity index (χ4v) is 2.00. The lowest BCUT2D eigenvalue weighted by Gasteiger charge is -2.09. The highest BCUT2D eigenvalue weighted by atomic mass is 32.2. The highest BCUT2D eigenvalue weighted by Crippen LogP contribution is 1.99. The Morgan fingerprint density at radius 2 is 2.21 bits per heavy atom. The van der Waals surface area contributed by atoms with Gasteiger partial charge in [0.2, 0.25) is 5.91 Å². The highest BCUT2D eigenvalue weighted by molar-refractivity contribution is 7.86. The van der Waals surface area contributed by atoms with E-state index in [1.807, 2.05) is 13.8 Å². The smallest absolute Gasteiger partial charge is 0.232 e. The first-order chi connectivity index (χ1) is 6.61. The van der Waals surface area contributed by atoms with E-state index in [1.165, 1.54) is 0 Å². The van der Waals surface area contributed by atoms with Gasteiger partial charge in [-0.15, -0.1) is 0 Å². The molecule has 0 fully saturated rings. The van der Waals surface area contributed by atoms with Crippen LogP contribution >= 0.6 is 0 Å². The number of amides is 1. The van der Waals surface area contributed by atoms with Gasteiger partial charge in [0.05, 0.1) is 0 Å². The van der Waals surface area contributed by atoms with Crippen molar-refractivity contribution >= 4 is 16.7 Å². The van der Waals surface area contributed by atoms with Gasteiger partial charge in [0.15, 0.2) is 0 Å². The summed E-state index contributed by atoms with van der Waals surface area (Å²) in [5.41, 5.74) is 5.34. The van der Waals surface area contributed by atoms with Gasteiger partial charge in [0, 0.05) is 22.6 Å². The van der Waals surface area contributed by atoms with Gasteiger partial charge in [-0.1, -0.05) is 13.8 Å². The van der Waals surface area contributed by atoms with Crippen LogP contribution in [0.2, 0.25) is 0 Å². The Labute approximate surface area is 88.1 Å². The molecule has 0 aliphatic carbocycles. The topological polar surface area (TPSA) is 72.2 Å². The predicted molar refractivity (Wildman–Crippen MR) is 59.4 cm³/mol. The first-order valence-corrected chi connectivity index (χ1v) is 6.34. The van der Waals surface area contributed by atoms with E-state index < -0.39 is 10.8 Å². The monoisotopic (exact) mass is 220 g/mol. The average molecular weight is 220 g/mol. The summed E-state index contributed by atoms with van der Waals surface area (Å²) >= 11 is 0.